The molecule has 0 aromatic rings. The molecule has 47 heavy (non-hydrogen) atoms. The van der Waals surface area contributed by atoms with Crippen molar-refractivity contribution in [3.05, 3.63) is 0 Å². The Labute approximate surface area is 276 Å². The van der Waals surface area contributed by atoms with Crippen molar-refractivity contribution in [2.45, 2.75) is 105 Å². The maximum Gasteiger partial charge on any atom is 0.315 e. The number of carbonyl (C=O) groups is 7. The average Bonchev–Trinajstić information content (AvgIpc) is 3.24. The number of amides is 7. The van der Waals surface area contributed by atoms with Gasteiger partial charge in [-0.3, -0.25) is 33.7 Å². The first-order valence-corrected chi connectivity index (χ1v) is 16.6. The Morgan fingerprint density at radius 2 is 1.53 bits per heavy atom. The number of likely N-dealkylation sites (tertiary alicyclic amines) is 1. The van der Waals surface area contributed by atoms with Crippen LogP contribution in [-0.4, -0.2) is 102 Å². The van der Waals surface area contributed by atoms with E-state index in [0.29, 0.717) is 13.0 Å². The van der Waals surface area contributed by atoms with Crippen LogP contribution in [0.3, 0.4) is 0 Å². The van der Waals surface area contributed by atoms with Crippen LogP contribution >= 0.6 is 0 Å². The lowest BCUT2D eigenvalue weighted by Crippen LogP contribution is -2.63. The van der Waals surface area contributed by atoms with E-state index in [-0.39, 0.29) is 42.9 Å². The summed E-state index contributed by atoms with van der Waals surface area (Å²) in [5.41, 5.74) is 3.76. The SMILES string of the molecule is CC(C)(C)[C@H](NC(=O)N[C@H](CN1C(=O)COCC1=O)C(C)(C)C)C(=O)N1CC2[C@@H]([C@H]1C(=O)NC(CC1CCC1)C(=O)C(N)=O)C2(C)C. The summed E-state index contributed by atoms with van der Waals surface area (Å²) in [6, 6.07) is -4.33. The lowest BCUT2D eigenvalue weighted by Gasteiger charge is -2.39. The molecular formula is C33H52N6O8. The van der Waals surface area contributed by atoms with Gasteiger partial charge in [-0.1, -0.05) is 74.7 Å². The molecule has 2 aliphatic carbocycles. The molecule has 14 heteroatoms. The molecule has 0 radical (unpaired) electrons. The number of fused-ring (bicyclic) bond motifs is 1. The van der Waals surface area contributed by atoms with E-state index in [1.54, 1.807) is 20.8 Å². The molecular weight excluding hydrogens is 608 g/mol. The molecule has 2 saturated heterocycles. The number of morpholine rings is 1. The van der Waals surface area contributed by atoms with Crippen molar-refractivity contribution in [2.24, 2.45) is 39.7 Å². The van der Waals surface area contributed by atoms with Gasteiger partial charge in [0.1, 0.15) is 25.3 Å². The summed E-state index contributed by atoms with van der Waals surface area (Å²) in [4.78, 5) is 93.7. The van der Waals surface area contributed by atoms with E-state index < -0.39 is 76.3 Å². The third kappa shape index (κ3) is 7.79. The minimum atomic E-state index is -1.11. The molecule has 262 valence electrons. The number of hydrogen-bond donors (Lipinski definition) is 4. The van der Waals surface area contributed by atoms with Crippen molar-refractivity contribution < 1.29 is 38.3 Å². The van der Waals surface area contributed by atoms with Crippen molar-refractivity contribution in [3.63, 3.8) is 0 Å². The predicted molar refractivity (Wildman–Crippen MR) is 170 cm³/mol. The van der Waals surface area contributed by atoms with Crippen LogP contribution in [0.25, 0.3) is 0 Å². The van der Waals surface area contributed by atoms with Gasteiger partial charge in [0.05, 0.1) is 12.1 Å². The van der Waals surface area contributed by atoms with Crippen LogP contribution in [0.15, 0.2) is 0 Å². The number of ether oxygens (including phenoxy) is 1. The monoisotopic (exact) mass is 660 g/mol. The molecule has 4 fully saturated rings. The van der Waals surface area contributed by atoms with Gasteiger partial charge in [0, 0.05) is 13.1 Å². The number of piperidine rings is 1. The third-order valence-electron chi connectivity index (χ3n) is 10.6. The summed E-state index contributed by atoms with van der Waals surface area (Å²) in [6.45, 7) is 14.9. The first kappa shape index (κ1) is 36.3. The van der Waals surface area contributed by atoms with Gasteiger partial charge in [-0.05, 0) is 40.4 Å². The highest BCUT2D eigenvalue weighted by Gasteiger charge is 2.70. The standard InChI is InChI=1S/C33H52N6O8/c1-31(2,3)20(14-38-21(40)15-47-16-22(38)41)36-30(46)37-26(32(4,5)6)29(45)39-13-18-23(33(18,7)8)24(39)28(44)35-19(25(42)27(34)43)12-17-10-9-11-17/h17-20,23-24,26H,9-16H2,1-8H3,(H2,34,43)(H,35,44)(H2,36,37,46)/t18?,19?,20-,23+,24+,26-/m1/s1. The highest BCUT2D eigenvalue weighted by molar-refractivity contribution is 6.37. The van der Waals surface area contributed by atoms with Crippen molar-refractivity contribution >= 4 is 41.4 Å². The van der Waals surface area contributed by atoms with Gasteiger partial charge in [-0.25, -0.2) is 4.79 Å². The number of rotatable bonds is 11. The number of ketones is 1. The fourth-order valence-corrected chi connectivity index (χ4v) is 7.12. The van der Waals surface area contributed by atoms with Crippen LogP contribution in [0.5, 0.6) is 0 Å². The number of primary amides is 1. The summed E-state index contributed by atoms with van der Waals surface area (Å²) >= 11 is 0. The first-order chi connectivity index (χ1) is 21.6. The molecule has 0 aromatic carbocycles. The second-order valence-corrected chi connectivity index (χ2v) is 16.4. The van der Waals surface area contributed by atoms with Crippen molar-refractivity contribution in [3.8, 4) is 0 Å². The number of hydrogen-bond acceptors (Lipinski definition) is 8. The number of Topliss-reactive ketones (excluding diaryl/α,β-unsaturated/α-hetero) is 1. The molecule has 2 saturated carbocycles. The number of nitrogens with zero attached hydrogens (tertiary/aromatic N) is 2. The molecule has 4 rings (SSSR count). The number of nitrogens with one attached hydrogen (secondary N) is 3. The van der Waals surface area contributed by atoms with Crippen molar-refractivity contribution in [2.75, 3.05) is 26.3 Å². The summed E-state index contributed by atoms with van der Waals surface area (Å²) in [5.74, 6) is -3.83. The van der Waals surface area contributed by atoms with E-state index >= 15 is 0 Å². The van der Waals surface area contributed by atoms with Crippen LogP contribution in [0.4, 0.5) is 4.79 Å². The van der Waals surface area contributed by atoms with Crippen LogP contribution < -0.4 is 21.7 Å². The Balaban J connectivity index is 1.52. The molecule has 14 nitrogen and oxygen atoms in total. The zero-order chi connectivity index (χ0) is 35.2. The number of urea groups is 1. The van der Waals surface area contributed by atoms with E-state index in [0.717, 1.165) is 24.2 Å². The zero-order valence-electron chi connectivity index (χ0n) is 28.9. The third-order valence-corrected chi connectivity index (χ3v) is 10.6. The van der Waals surface area contributed by atoms with E-state index in [1.807, 2.05) is 34.6 Å². The fourth-order valence-electron chi connectivity index (χ4n) is 7.12. The largest absolute Gasteiger partial charge is 0.363 e. The van der Waals surface area contributed by atoms with Crippen molar-refractivity contribution in [1.29, 1.82) is 0 Å². The van der Waals surface area contributed by atoms with Gasteiger partial charge >= 0.3 is 6.03 Å². The Bertz CT molecular complexity index is 1300. The average molecular weight is 661 g/mol. The van der Waals surface area contributed by atoms with E-state index in [9.17, 15) is 33.6 Å². The van der Waals surface area contributed by atoms with Gasteiger partial charge in [0.25, 0.3) is 17.7 Å². The summed E-state index contributed by atoms with van der Waals surface area (Å²) in [7, 11) is 0. The van der Waals surface area contributed by atoms with Gasteiger partial charge in [0.15, 0.2) is 0 Å². The number of imide groups is 1. The molecule has 5 N–H and O–H groups in total. The molecule has 2 unspecified atom stereocenters. The molecule has 0 aromatic heterocycles. The first-order valence-electron chi connectivity index (χ1n) is 16.6. The lowest BCUT2D eigenvalue weighted by atomic mass is 9.80. The number of carbonyl (C=O) groups excluding carboxylic acids is 7. The lowest BCUT2D eigenvalue weighted by molar-refractivity contribution is -0.159. The molecule has 2 heterocycles. The molecule has 0 spiro atoms. The van der Waals surface area contributed by atoms with Gasteiger partial charge in [-0.2, -0.15) is 0 Å². The molecule has 7 amide bonds. The molecule has 6 atom stereocenters. The summed E-state index contributed by atoms with van der Waals surface area (Å²) < 4.78 is 5.01. The minimum absolute atomic E-state index is 0.0439. The van der Waals surface area contributed by atoms with Crippen LogP contribution in [-0.2, 0) is 33.5 Å². The second-order valence-electron chi connectivity index (χ2n) is 16.4. The number of nitrogens with two attached hydrogens (primary N) is 1. The topological polar surface area (TPSA) is 197 Å². The maximum atomic E-state index is 14.3. The van der Waals surface area contributed by atoms with Crippen LogP contribution in [0.1, 0.15) is 81.1 Å². The van der Waals surface area contributed by atoms with Crippen molar-refractivity contribution in [1.82, 2.24) is 25.8 Å². The highest BCUT2D eigenvalue weighted by atomic mass is 16.5. The summed E-state index contributed by atoms with van der Waals surface area (Å²) in [5, 5.41) is 8.46. The van der Waals surface area contributed by atoms with E-state index in [1.165, 1.54) is 4.90 Å². The Kier molecular flexibility index (Phi) is 10.2. The zero-order valence-corrected chi connectivity index (χ0v) is 28.9. The Morgan fingerprint density at radius 1 is 0.936 bits per heavy atom. The van der Waals surface area contributed by atoms with Gasteiger partial charge in [0.2, 0.25) is 17.6 Å². The summed E-state index contributed by atoms with van der Waals surface area (Å²) in [6.07, 6.45) is 3.14. The maximum absolute atomic E-state index is 14.3. The molecule has 4 aliphatic rings. The normalized spacial score (nSPS) is 26.0. The van der Waals surface area contributed by atoms with E-state index in [4.69, 9.17) is 10.5 Å². The predicted octanol–water partition coefficient (Wildman–Crippen LogP) is 0.713. The highest BCUT2D eigenvalue weighted by Crippen LogP contribution is 2.65. The van der Waals surface area contributed by atoms with Gasteiger partial charge in [-0.15, -0.1) is 0 Å². The fraction of sp³-hybridized carbons (Fsp3) is 0.788. The van der Waals surface area contributed by atoms with E-state index in [2.05, 4.69) is 16.0 Å². The molecule has 2 aliphatic heterocycles. The Hall–Kier alpha value is -3.55. The quantitative estimate of drug-likeness (QED) is 0.184. The van der Waals surface area contributed by atoms with Crippen LogP contribution in [0.2, 0.25) is 0 Å². The van der Waals surface area contributed by atoms with Crippen LogP contribution in [0, 0.1) is 34.0 Å². The smallest absolute Gasteiger partial charge is 0.315 e. The van der Waals surface area contributed by atoms with Gasteiger partial charge < -0.3 is 31.3 Å². The second kappa shape index (κ2) is 13.2. The Morgan fingerprint density at radius 3 is 2.02 bits per heavy atom. The minimum Gasteiger partial charge on any atom is -0.363 e. The molecule has 0 bridgehead atoms.